The lowest BCUT2D eigenvalue weighted by atomic mass is 9.94. The summed E-state index contributed by atoms with van der Waals surface area (Å²) in [7, 11) is 2.16. The fourth-order valence-electron chi connectivity index (χ4n) is 5.98. The minimum Gasteiger partial charge on any atom is -0.201 e. The molecular weight excluding hydrogens is 520 g/mol. The van der Waals surface area contributed by atoms with E-state index in [1.807, 2.05) is 0 Å². The minimum absolute atomic E-state index is 0.767. The predicted octanol–water partition coefficient (Wildman–Crippen LogP) is 9.06. The van der Waals surface area contributed by atoms with Gasteiger partial charge in [0, 0.05) is 34.4 Å². The molecule has 0 bridgehead atoms. The molecule has 43 heavy (non-hydrogen) atoms. The second-order valence-corrected chi connectivity index (χ2v) is 11.9. The van der Waals surface area contributed by atoms with Crippen molar-refractivity contribution in [1.82, 2.24) is 0 Å². The summed E-state index contributed by atoms with van der Waals surface area (Å²) in [6.07, 6.45) is 4.57. The van der Waals surface area contributed by atoms with E-state index in [-0.39, 0.29) is 0 Å². The van der Waals surface area contributed by atoms with Crippen molar-refractivity contribution in [3.05, 3.63) is 155 Å². The van der Waals surface area contributed by atoms with E-state index < -0.39 is 0 Å². The maximum Gasteiger partial charge on any atom is 0.213 e. The molecule has 2 aromatic heterocycles. The van der Waals surface area contributed by atoms with Crippen molar-refractivity contribution < 1.29 is 9.13 Å². The highest BCUT2D eigenvalue weighted by molar-refractivity contribution is 5.74. The van der Waals surface area contributed by atoms with Gasteiger partial charge in [-0.25, -0.2) is 4.57 Å². The first kappa shape index (κ1) is 28.3. The van der Waals surface area contributed by atoms with Crippen LogP contribution in [0.1, 0.15) is 33.4 Å². The molecule has 0 unspecified atom stereocenters. The quantitative estimate of drug-likeness (QED) is 0.180. The van der Waals surface area contributed by atoms with Crippen LogP contribution in [-0.4, -0.2) is 0 Å². The Morgan fingerprint density at radius 1 is 0.442 bits per heavy atom. The van der Waals surface area contributed by atoms with Crippen LogP contribution in [0.25, 0.3) is 44.8 Å². The van der Waals surface area contributed by atoms with Gasteiger partial charge in [0.1, 0.15) is 7.05 Å². The third-order valence-electron chi connectivity index (χ3n) is 8.83. The highest BCUT2D eigenvalue weighted by Crippen LogP contribution is 2.32. The molecule has 6 aromatic rings. The first-order chi connectivity index (χ1) is 20.8. The number of hydrogen-bond acceptors (Lipinski definition) is 0. The number of pyridine rings is 2. The topological polar surface area (TPSA) is 7.76 Å². The van der Waals surface area contributed by atoms with Gasteiger partial charge in [0.25, 0.3) is 0 Å². The van der Waals surface area contributed by atoms with Crippen LogP contribution in [0.2, 0.25) is 0 Å². The first-order valence-electron chi connectivity index (χ1n) is 15.1. The van der Waals surface area contributed by atoms with Crippen LogP contribution in [0.15, 0.2) is 122 Å². The molecule has 0 amide bonds. The van der Waals surface area contributed by atoms with E-state index in [2.05, 4.69) is 172 Å². The average Bonchev–Trinajstić information content (AvgIpc) is 3.02. The van der Waals surface area contributed by atoms with E-state index >= 15 is 0 Å². The summed E-state index contributed by atoms with van der Waals surface area (Å²) >= 11 is 0. The summed E-state index contributed by atoms with van der Waals surface area (Å²) in [6.45, 7) is 11.8. The summed E-state index contributed by atoms with van der Waals surface area (Å²) in [5, 5.41) is 0. The largest absolute Gasteiger partial charge is 0.213 e. The maximum absolute atomic E-state index is 2.45. The van der Waals surface area contributed by atoms with Gasteiger partial charge in [-0.1, -0.05) is 84.9 Å². The van der Waals surface area contributed by atoms with Crippen molar-refractivity contribution in [3.63, 3.8) is 0 Å². The molecule has 2 heterocycles. The normalized spacial score (nSPS) is 11.1. The van der Waals surface area contributed by atoms with Gasteiger partial charge in [0.05, 0.1) is 5.56 Å². The summed E-state index contributed by atoms with van der Waals surface area (Å²) in [5.41, 5.74) is 17.7. The zero-order valence-corrected chi connectivity index (χ0v) is 26.1. The third-order valence-corrected chi connectivity index (χ3v) is 8.83. The Kier molecular flexibility index (Phi) is 7.78. The fourth-order valence-corrected chi connectivity index (χ4v) is 5.98. The number of hydrogen-bond donors (Lipinski definition) is 0. The van der Waals surface area contributed by atoms with Gasteiger partial charge >= 0.3 is 0 Å². The Labute approximate surface area is 256 Å². The van der Waals surface area contributed by atoms with Gasteiger partial charge in [-0.3, -0.25) is 0 Å². The van der Waals surface area contributed by atoms with Gasteiger partial charge in [-0.15, -0.1) is 0 Å². The van der Waals surface area contributed by atoms with Crippen molar-refractivity contribution in [1.29, 1.82) is 0 Å². The zero-order chi connectivity index (χ0) is 30.1. The SMILES string of the molecule is Cc1cc(-c2cc(-c3ccccc3)ccc2C[n+]2cc(C)c(C)cc2-c2cc(-c3ccccc3)ccc2C)[n+](C)cc1C. The molecule has 0 aliphatic rings. The summed E-state index contributed by atoms with van der Waals surface area (Å²) < 4.78 is 4.72. The molecule has 212 valence electrons. The average molecular weight is 561 g/mol. The molecule has 2 nitrogen and oxygen atoms in total. The molecule has 0 aliphatic carbocycles. The maximum atomic E-state index is 2.45. The smallest absolute Gasteiger partial charge is 0.201 e. The highest BCUT2D eigenvalue weighted by Gasteiger charge is 2.23. The predicted molar refractivity (Wildman–Crippen MR) is 179 cm³/mol. The Morgan fingerprint density at radius 2 is 0.977 bits per heavy atom. The van der Waals surface area contributed by atoms with Gasteiger partial charge < -0.3 is 0 Å². The lowest BCUT2D eigenvalue weighted by Gasteiger charge is -2.14. The molecule has 0 atom stereocenters. The molecular formula is C41H40N2+2. The van der Waals surface area contributed by atoms with Crippen LogP contribution >= 0.6 is 0 Å². The van der Waals surface area contributed by atoms with Gasteiger partial charge in [0.2, 0.25) is 11.4 Å². The number of aromatic nitrogens is 2. The molecule has 0 fully saturated rings. The molecule has 4 aromatic carbocycles. The van der Waals surface area contributed by atoms with E-state index in [4.69, 9.17) is 0 Å². The van der Waals surface area contributed by atoms with Gasteiger partial charge in [-0.05, 0) is 85.7 Å². The Hall–Kier alpha value is -4.82. The number of nitrogens with zero attached hydrogens (tertiary/aromatic N) is 2. The molecule has 0 N–H and O–H groups in total. The van der Waals surface area contributed by atoms with E-state index in [1.54, 1.807) is 0 Å². The van der Waals surface area contributed by atoms with Crippen molar-refractivity contribution in [2.24, 2.45) is 7.05 Å². The van der Waals surface area contributed by atoms with Gasteiger partial charge in [-0.2, -0.15) is 4.57 Å². The molecule has 0 aliphatic heterocycles. The van der Waals surface area contributed by atoms with Crippen LogP contribution in [0.3, 0.4) is 0 Å². The second kappa shape index (κ2) is 11.8. The van der Waals surface area contributed by atoms with E-state index in [9.17, 15) is 0 Å². The van der Waals surface area contributed by atoms with Crippen LogP contribution in [0.4, 0.5) is 0 Å². The zero-order valence-electron chi connectivity index (χ0n) is 26.1. The van der Waals surface area contributed by atoms with Crippen LogP contribution in [0.5, 0.6) is 0 Å². The molecule has 0 spiro atoms. The second-order valence-electron chi connectivity index (χ2n) is 11.9. The third kappa shape index (κ3) is 5.79. The number of rotatable bonds is 6. The monoisotopic (exact) mass is 560 g/mol. The Balaban J connectivity index is 1.52. The van der Waals surface area contributed by atoms with E-state index in [0.717, 1.165) is 6.54 Å². The summed E-state index contributed by atoms with van der Waals surface area (Å²) in [4.78, 5) is 0. The number of aryl methyl sites for hydroxylation is 6. The van der Waals surface area contributed by atoms with Crippen molar-refractivity contribution in [2.75, 3.05) is 0 Å². The minimum atomic E-state index is 0.767. The molecule has 6 rings (SSSR count). The molecule has 2 heteroatoms. The van der Waals surface area contributed by atoms with Crippen molar-refractivity contribution in [3.8, 4) is 44.8 Å². The Bertz CT molecular complexity index is 1940. The lowest BCUT2D eigenvalue weighted by molar-refractivity contribution is -0.678. The van der Waals surface area contributed by atoms with E-state index in [1.165, 1.54) is 78.1 Å². The van der Waals surface area contributed by atoms with Crippen molar-refractivity contribution in [2.45, 2.75) is 41.2 Å². The van der Waals surface area contributed by atoms with Crippen molar-refractivity contribution >= 4 is 0 Å². The van der Waals surface area contributed by atoms with Crippen LogP contribution < -0.4 is 9.13 Å². The summed E-state index contributed by atoms with van der Waals surface area (Å²) in [5.74, 6) is 0. The summed E-state index contributed by atoms with van der Waals surface area (Å²) in [6, 6.07) is 39.9. The highest BCUT2D eigenvalue weighted by atomic mass is 15.0. The van der Waals surface area contributed by atoms with Gasteiger partial charge in [0.15, 0.2) is 18.9 Å². The standard InChI is InChI=1S/C41H40N2/c1-28-17-18-35(33-13-9-7-10-14-33)23-38(28)41-22-30(3)32(5)26-43(41)27-37-20-19-36(34-15-11-8-12-16-34)24-39(37)40-21-29(2)31(4)25-42(40)6/h7-26H,27H2,1-6H3/q+2. The fraction of sp³-hybridized carbons (Fsp3) is 0.171. The van der Waals surface area contributed by atoms with Crippen LogP contribution in [0, 0.1) is 34.6 Å². The van der Waals surface area contributed by atoms with E-state index in [0.29, 0.717) is 0 Å². The number of benzene rings is 4. The molecule has 0 saturated heterocycles. The lowest BCUT2D eigenvalue weighted by Crippen LogP contribution is -2.38. The Morgan fingerprint density at radius 3 is 1.60 bits per heavy atom. The molecule has 0 radical (unpaired) electrons. The molecule has 0 saturated carbocycles. The van der Waals surface area contributed by atoms with Crippen LogP contribution in [-0.2, 0) is 13.6 Å². The first-order valence-corrected chi connectivity index (χ1v) is 15.1.